The summed E-state index contributed by atoms with van der Waals surface area (Å²) in [4.78, 5) is 0. The molecule has 0 bridgehead atoms. The van der Waals surface area contributed by atoms with Crippen LogP contribution in [0, 0.1) is 6.92 Å². The van der Waals surface area contributed by atoms with E-state index in [0.717, 1.165) is 13.0 Å². The molecule has 0 saturated heterocycles. The minimum Gasteiger partial charge on any atom is -0.379 e. The van der Waals surface area contributed by atoms with Crippen molar-refractivity contribution in [3.63, 3.8) is 0 Å². The number of aliphatic hydroxyl groups is 1. The summed E-state index contributed by atoms with van der Waals surface area (Å²) >= 11 is 5.39. The maximum atomic E-state index is 12.5. The Morgan fingerprint density at radius 1 is 1.11 bits per heavy atom. The van der Waals surface area contributed by atoms with Crippen LogP contribution in [-0.4, -0.2) is 11.3 Å². The first-order chi connectivity index (χ1) is 7.94. The molecule has 0 aromatic heterocycles. The molecule has 1 rings (SSSR count). The van der Waals surface area contributed by atoms with E-state index in [0.29, 0.717) is 0 Å². The van der Waals surface area contributed by atoms with Gasteiger partial charge in [-0.05, 0) is 24.1 Å². The number of benzene rings is 1. The summed E-state index contributed by atoms with van der Waals surface area (Å²) in [6.07, 6.45) is -12.9. The molecule has 0 amide bonds. The molecule has 0 fully saturated rings. The van der Waals surface area contributed by atoms with Gasteiger partial charge in [0.1, 0.15) is 0 Å². The van der Waals surface area contributed by atoms with Crippen LogP contribution in [-0.2, 0) is 6.18 Å². The molecule has 0 aliphatic heterocycles. The number of hydrogen-bond donors (Lipinski definition) is 1. The molecular formula is C10H7ClF6O. The molecule has 102 valence electrons. The first kappa shape index (κ1) is 15.1. The molecule has 1 aromatic carbocycles. The van der Waals surface area contributed by atoms with E-state index in [2.05, 4.69) is 0 Å². The Bertz CT molecular complexity index is 451. The summed E-state index contributed by atoms with van der Waals surface area (Å²) in [5.41, 5.74) is -2.48. The fourth-order valence-corrected chi connectivity index (χ4v) is 1.57. The monoisotopic (exact) mass is 292 g/mol. The summed E-state index contributed by atoms with van der Waals surface area (Å²) in [7, 11) is 0. The fourth-order valence-electron chi connectivity index (χ4n) is 1.35. The standard InChI is InChI=1S/C10H7ClF6O/c1-4-2-5(8(18)10(15,16)17)3-6(7(4)11)9(12,13)14/h2-3,8,18H,1H3. The fraction of sp³-hybridized carbons (Fsp3) is 0.400. The second kappa shape index (κ2) is 4.62. The third kappa shape index (κ3) is 3.08. The summed E-state index contributed by atoms with van der Waals surface area (Å²) in [6.45, 7) is 1.13. The van der Waals surface area contributed by atoms with Gasteiger partial charge in [-0.2, -0.15) is 26.3 Å². The number of aliphatic hydroxyl groups excluding tert-OH is 1. The lowest BCUT2D eigenvalue weighted by Crippen LogP contribution is -2.21. The van der Waals surface area contributed by atoms with Gasteiger partial charge in [0.2, 0.25) is 0 Å². The predicted octanol–water partition coefficient (Wildman–Crippen LogP) is 4.26. The van der Waals surface area contributed by atoms with Crippen molar-refractivity contribution >= 4 is 11.6 Å². The van der Waals surface area contributed by atoms with E-state index < -0.39 is 34.6 Å². The zero-order valence-electron chi connectivity index (χ0n) is 8.83. The van der Waals surface area contributed by atoms with Crippen molar-refractivity contribution in [1.29, 1.82) is 0 Å². The van der Waals surface area contributed by atoms with Crippen LogP contribution in [0.1, 0.15) is 22.8 Å². The summed E-state index contributed by atoms with van der Waals surface area (Å²) in [6, 6.07) is 0.975. The Labute approximate surface area is 103 Å². The Morgan fingerprint density at radius 2 is 1.61 bits per heavy atom. The van der Waals surface area contributed by atoms with Crippen LogP contribution in [0.4, 0.5) is 26.3 Å². The van der Waals surface area contributed by atoms with Crippen LogP contribution in [0.2, 0.25) is 5.02 Å². The molecular weight excluding hydrogens is 286 g/mol. The molecule has 1 aromatic rings. The lowest BCUT2D eigenvalue weighted by molar-refractivity contribution is -0.207. The molecule has 0 heterocycles. The van der Waals surface area contributed by atoms with E-state index in [9.17, 15) is 26.3 Å². The van der Waals surface area contributed by atoms with E-state index in [1.165, 1.54) is 0 Å². The maximum absolute atomic E-state index is 12.5. The van der Waals surface area contributed by atoms with Gasteiger partial charge in [-0.15, -0.1) is 0 Å². The Hall–Kier alpha value is -0.950. The molecule has 0 radical (unpaired) electrons. The topological polar surface area (TPSA) is 20.2 Å². The zero-order chi connectivity index (χ0) is 14.3. The van der Waals surface area contributed by atoms with Crippen molar-refractivity contribution in [2.75, 3.05) is 0 Å². The quantitative estimate of drug-likeness (QED) is 0.767. The average Bonchev–Trinajstić information content (AvgIpc) is 2.17. The second-order valence-electron chi connectivity index (χ2n) is 3.64. The summed E-state index contributed by atoms with van der Waals surface area (Å²) in [5, 5.41) is 8.25. The third-order valence-corrected chi connectivity index (χ3v) is 2.71. The number of hydrogen-bond acceptors (Lipinski definition) is 1. The highest BCUT2D eigenvalue weighted by Crippen LogP contribution is 2.40. The lowest BCUT2D eigenvalue weighted by atomic mass is 10.0. The van der Waals surface area contributed by atoms with Gasteiger partial charge in [-0.1, -0.05) is 17.7 Å². The molecule has 0 aliphatic rings. The highest BCUT2D eigenvalue weighted by atomic mass is 35.5. The van der Waals surface area contributed by atoms with Crippen molar-refractivity contribution in [2.24, 2.45) is 0 Å². The molecule has 0 saturated carbocycles. The molecule has 1 nitrogen and oxygen atoms in total. The molecule has 8 heteroatoms. The molecule has 1 atom stereocenters. The number of rotatable bonds is 1. The van der Waals surface area contributed by atoms with Crippen molar-refractivity contribution in [1.82, 2.24) is 0 Å². The average molecular weight is 293 g/mol. The largest absolute Gasteiger partial charge is 0.418 e. The van der Waals surface area contributed by atoms with Crippen molar-refractivity contribution < 1.29 is 31.4 Å². The van der Waals surface area contributed by atoms with Crippen LogP contribution >= 0.6 is 11.6 Å². The van der Waals surface area contributed by atoms with Crippen LogP contribution in [0.25, 0.3) is 0 Å². The summed E-state index contributed by atoms with van der Waals surface area (Å²) in [5.74, 6) is 0. The highest BCUT2D eigenvalue weighted by Gasteiger charge is 2.41. The molecule has 1 unspecified atom stereocenters. The Balaban J connectivity index is 3.38. The van der Waals surface area contributed by atoms with Gasteiger partial charge in [0.05, 0.1) is 10.6 Å². The van der Waals surface area contributed by atoms with Crippen molar-refractivity contribution in [2.45, 2.75) is 25.4 Å². The van der Waals surface area contributed by atoms with Crippen LogP contribution < -0.4 is 0 Å². The van der Waals surface area contributed by atoms with Gasteiger partial charge in [-0.3, -0.25) is 0 Å². The molecule has 18 heavy (non-hydrogen) atoms. The first-order valence-corrected chi connectivity index (χ1v) is 4.94. The maximum Gasteiger partial charge on any atom is 0.418 e. The van der Waals surface area contributed by atoms with E-state index in [4.69, 9.17) is 16.7 Å². The normalized spacial score (nSPS) is 14.7. The van der Waals surface area contributed by atoms with Gasteiger partial charge in [-0.25, -0.2) is 0 Å². The molecule has 0 aliphatic carbocycles. The molecule has 1 N–H and O–H groups in total. The first-order valence-electron chi connectivity index (χ1n) is 4.56. The van der Waals surface area contributed by atoms with E-state index in [-0.39, 0.29) is 11.6 Å². The van der Waals surface area contributed by atoms with Crippen molar-refractivity contribution in [3.05, 3.63) is 33.8 Å². The third-order valence-electron chi connectivity index (χ3n) is 2.21. The Kier molecular flexibility index (Phi) is 3.88. The highest BCUT2D eigenvalue weighted by molar-refractivity contribution is 6.32. The van der Waals surface area contributed by atoms with Gasteiger partial charge in [0.25, 0.3) is 0 Å². The van der Waals surface area contributed by atoms with Gasteiger partial charge in [0, 0.05) is 0 Å². The van der Waals surface area contributed by atoms with Crippen LogP contribution in [0.15, 0.2) is 12.1 Å². The van der Waals surface area contributed by atoms with Crippen molar-refractivity contribution in [3.8, 4) is 0 Å². The number of aryl methyl sites for hydroxylation is 1. The number of halogens is 7. The second-order valence-corrected chi connectivity index (χ2v) is 4.02. The van der Waals surface area contributed by atoms with Crippen LogP contribution in [0.3, 0.4) is 0 Å². The number of alkyl halides is 6. The lowest BCUT2D eigenvalue weighted by Gasteiger charge is -2.18. The van der Waals surface area contributed by atoms with E-state index in [1.54, 1.807) is 0 Å². The van der Waals surface area contributed by atoms with E-state index in [1.807, 2.05) is 0 Å². The predicted molar refractivity (Wildman–Crippen MR) is 52.2 cm³/mol. The minimum atomic E-state index is -5.04. The van der Waals surface area contributed by atoms with Gasteiger partial charge >= 0.3 is 12.4 Å². The van der Waals surface area contributed by atoms with E-state index >= 15 is 0 Å². The van der Waals surface area contributed by atoms with Gasteiger partial charge in [0.15, 0.2) is 6.10 Å². The SMILES string of the molecule is Cc1cc(C(O)C(F)(F)F)cc(C(F)(F)F)c1Cl. The van der Waals surface area contributed by atoms with Crippen LogP contribution in [0.5, 0.6) is 0 Å². The summed E-state index contributed by atoms with van der Waals surface area (Å²) < 4.78 is 74.3. The Morgan fingerprint density at radius 3 is 2.00 bits per heavy atom. The smallest absolute Gasteiger partial charge is 0.379 e. The molecule has 0 spiro atoms. The van der Waals surface area contributed by atoms with Gasteiger partial charge < -0.3 is 5.11 Å². The minimum absolute atomic E-state index is 0.190. The zero-order valence-corrected chi connectivity index (χ0v) is 9.58.